The summed E-state index contributed by atoms with van der Waals surface area (Å²) in [6.07, 6.45) is 3.57. The highest BCUT2D eigenvalue weighted by atomic mass is 79.9. The SMILES string of the molecule is CC(C)Oc1cncc(C(C)C(C)Br)n1. The van der Waals surface area contributed by atoms with E-state index in [9.17, 15) is 0 Å². The van der Waals surface area contributed by atoms with Crippen LogP contribution in [0.25, 0.3) is 0 Å². The highest BCUT2D eigenvalue weighted by molar-refractivity contribution is 9.09. The summed E-state index contributed by atoms with van der Waals surface area (Å²) in [7, 11) is 0. The number of hydrogen-bond donors (Lipinski definition) is 0. The zero-order chi connectivity index (χ0) is 11.4. The van der Waals surface area contributed by atoms with E-state index in [4.69, 9.17) is 4.74 Å². The lowest BCUT2D eigenvalue weighted by atomic mass is 10.1. The molecule has 0 aliphatic heterocycles. The number of ether oxygens (including phenoxy) is 1. The van der Waals surface area contributed by atoms with Crippen molar-refractivity contribution in [2.45, 2.75) is 44.5 Å². The molecule has 0 aromatic carbocycles. The van der Waals surface area contributed by atoms with Gasteiger partial charge in [0.25, 0.3) is 0 Å². The van der Waals surface area contributed by atoms with Crippen molar-refractivity contribution in [1.82, 2.24) is 9.97 Å². The van der Waals surface area contributed by atoms with Gasteiger partial charge in [0.15, 0.2) is 0 Å². The Labute approximate surface area is 99.4 Å². The van der Waals surface area contributed by atoms with Gasteiger partial charge in [-0.25, -0.2) is 4.98 Å². The lowest BCUT2D eigenvalue weighted by Gasteiger charge is -2.14. The van der Waals surface area contributed by atoms with Gasteiger partial charge >= 0.3 is 0 Å². The third kappa shape index (κ3) is 3.78. The Morgan fingerprint density at radius 3 is 2.40 bits per heavy atom. The molecular formula is C11H17BrN2O. The maximum absolute atomic E-state index is 5.50. The van der Waals surface area contributed by atoms with Gasteiger partial charge in [0, 0.05) is 16.9 Å². The highest BCUT2D eigenvalue weighted by Crippen LogP contribution is 2.23. The molecule has 2 atom stereocenters. The van der Waals surface area contributed by atoms with Gasteiger partial charge in [-0.2, -0.15) is 0 Å². The van der Waals surface area contributed by atoms with E-state index in [0.29, 0.717) is 16.6 Å². The van der Waals surface area contributed by atoms with Gasteiger partial charge in [-0.1, -0.05) is 29.8 Å². The third-order valence-electron chi connectivity index (χ3n) is 2.14. The number of hydrogen-bond acceptors (Lipinski definition) is 3. The van der Waals surface area contributed by atoms with Crippen LogP contribution in [-0.2, 0) is 0 Å². The van der Waals surface area contributed by atoms with Crippen molar-refractivity contribution >= 4 is 15.9 Å². The minimum Gasteiger partial charge on any atom is -0.474 e. The molecule has 0 N–H and O–H groups in total. The molecule has 1 rings (SSSR count). The number of rotatable bonds is 4. The summed E-state index contributed by atoms with van der Waals surface area (Å²) in [6, 6.07) is 0. The topological polar surface area (TPSA) is 35.0 Å². The molecule has 15 heavy (non-hydrogen) atoms. The molecule has 0 aliphatic rings. The second kappa shape index (κ2) is 5.45. The molecule has 0 saturated carbocycles. The van der Waals surface area contributed by atoms with Crippen LogP contribution >= 0.6 is 15.9 Å². The molecule has 0 radical (unpaired) electrons. The van der Waals surface area contributed by atoms with Crippen molar-refractivity contribution in [1.29, 1.82) is 0 Å². The number of nitrogens with zero attached hydrogens (tertiary/aromatic N) is 2. The molecule has 3 nitrogen and oxygen atoms in total. The van der Waals surface area contributed by atoms with Crippen molar-refractivity contribution in [3.63, 3.8) is 0 Å². The summed E-state index contributed by atoms with van der Waals surface area (Å²) in [5, 5.41) is 0. The molecule has 1 heterocycles. The van der Waals surface area contributed by atoms with E-state index in [2.05, 4.69) is 39.7 Å². The van der Waals surface area contributed by atoms with Crippen LogP contribution in [0.3, 0.4) is 0 Å². The predicted octanol–water partition coefficient (Wildman–Crippen LogP) is 3.15. The van der Waals surface area contributed by atoms with Crippen molar-refractivity contribution in [2.75, 3.05) is 0 Å². The van der Waals surface area contributed by atoms with Crippen molar-refractivity contribution in [3.8, 4) is 5.88 Å². The van der Waals surface area contributed by atoms with Crippen molar-refractivity contribution in [3.05, 3.63) is 18.1 Å². The van der Waals surface area contributed by atoms with Crippen LogP contribution in [-0.4, -0.2) is 20.9 Å². The molecule has 0 aliphatic carbocycles. The average Bonchev–Trinajstić information content (AvgIpc) is 2.16. The molecule has 4 heteroatoms. The molecule has 0 fully saturated rings. The van der Waals surface area contributed by atoms with E-state index >= 15 is 0 Å². The fourth-order valence-corrected chi connectivity index (χ4v) is 1.39. The first-order valence-electron chi connectivity index (χ1n) is 5.13. The zero-order valence-corrected chi connectivity index (χ0v) is 11.2. The molecule has 2 unspecified atom stereocenters. The third-order valence-corrected chi connectivity index (χ3v) is 2.94. The second-order valence-corrected chi connectivity index (χ2v) is 5.36. The van der Waals surface area contributed by atoms with Gasteiger partial charge in [0.05, 0.1) is 18.0 Å². The zero-order valence-electron chi connectivity index (χ0n) is 9.57. The quantitative estimate of drug-likeness (QED) is 0.790. The summed E-state index contributed by atoms with van der Waals surface area (Å²) >= 11 is 3.54. The van der Waals surface area contributed by atoms with Crippen molar-refractivity contribution in [2.24, 2.45) is 0 Å². The lowest BCUT2D eigenvalue weighted by Crippen LogP contribution is -2.11. The maximum atomic E-state index is 5.50. The van der Waals surface area contributed by atoms with Gasteiger partial charge in [0.2, 0.25) is 5.88 Å². The van der Waals surface area contributed by atoms with Gasteiger partial charge in [-0.15, -0.1) is 0 Å². The summed E-state index contributed by atoms with van der Waals surface area (Å²) in [6.45, 7) is 8.17. The standard InChI is InChI=1S/C11H17BrN2O/c1-7(2)15-11-6-13-5-10(14-11)8(3)9(4)12/h5-9H,1-4H3. The first kappa shape index (κ1) is 12.4. The molecule has 1 aromatic heterocycles. The molecule has 84 valence electrons. The van der Waals surface area contributed by atoms with Crippen LogP contribution in [0.5, 0.6) is 5.88 Å². The maximum Gasteiger partial charge on any atom is 0.232 e. The Balaban J connectivity index is 2.82. The van der Waals surface area contributed by atoms with Gasteiger partial charge in [-0.3, -0.25) is 4.98 Å². The summed E-state index contributed by atoms with van der Waals surface area (Å²) in [5.41, 5.74) is 0.956. The lowest BCUT2D eigenvalue weighted by molar-refractivity contribution is 0.230. The van der Waals surface area contributed by atoms with Crippen LogP contribution in [0, 0.1) is 0 Å². The van der Waals surface area contributed by atoms with E-state index in [1.165, 1.54) is 0 Å². The fourth-order valence-electron chi connectivity index (χ4n) is 1.12. The molecule has 0 spiro atoms. The first-order chi connectivity index (χ1) is 7.00. The molecule has 0 bridgehead atoms. The summed E-state index contributed by atoms with van der Waals surface area (Å²) in [4.78, 5) is 8.93. The number of alkyl halides is 1. The Kier molecular flexibility index (Phi) is 4.51. The van der Waals surface area contributed by atoms with Crippen LogP contribution in [0.2, 0.25) is 0 Å². The van der Waals surface area contributed by atoms with Crippen LogP contribution in [0.15, 0.2) is 12.4 Å². The van der Waals surface area contributed by atoms with Gasteiger partial charge in [-0.05, 0) is 13.8 Å². The monoisotopic (exact) mass is 272 g/mol. The Hall–Kier alpha value is -0.640. The van der Waals surface area contributed by atoms with Crippen molar-refractivity contribution < 1.29 is 4.74 Å². The molecule has 0 saturated heterocycles. The van der Waals surface area contributed by atoms with Gasteiger partial charge in [0.1, 0.15) is 0 Å². The van der Waals surface area contributed by atoms with Crippen LogP contribution in [0.1, 0.15) is 39.3 Å². The van der Waals surface area contributed by atoms with Gasteiger partial charge < -0.3 is 4.74 Å². The second-order valence-electron chi connectivity index (χ2n) is 3.91. The minimum atomic E-state index is 0.131. The van der Waals surface area contributed by atoms with E-state index < -0.39 is 0 Å². The molecular weight excluding hydrogens is 256 g/mol. The largest absolute Gasteiger partial charge is 0.474 e. The summed E-state index contributed by atoms with van der Waals surface area (Å²) < 4.78 is 5.50. The minimum absolute atomic E-state index is 0.131. The number of halogens is 1. The Bertz CT molecular complexity index is 315. The van der Waals surface area contributed by atoms with E-state index in [-0.39, 0.29) is 6.10 Å². The number of aromatic nitrogens is 2. The fraction of sp³-hybridized carbons (Fsp3) is 0.636. The Morgan fingerprint density at radius 1 is 1.20 bits per heavy atom. The van der Waals surface area contributed by atoms with Crippen LogP contribution in [0.4, 0.5) is 0 Å². The average molecular weight is 273 g/mol. The van der Waals surface area contributed by atoms with Crippen LogP contribution < -0.4 is 4.74 Å². The van der Waals surface area contributed by atoms with E-state index in [1.807, 2.05) is 13.8 Å². The molecule has 0 amide bonds. The summed E-state index contributed by atoms with van der Waals surface area (Å²) in [5.74, 6) is 0.927. The first-order valence-corrected chi connectivity index (χ1v) is 6.05. The molecule has 1 aromatic rings. The predicted molar refractivity (Wildman–Crippen MR) is 64.6 cm³/mol. The Morgan fingerprint density at radius 2 is 1.87 bits per heavy atom. The van der Waals surface area contributed by atoms with E-state index in [0.717, 1.165) is 5.69 Å². The smallest absolute Gasteiger partial charge is 0.232 e. The highest BCUT2D eigenvalue weighted by Gasteiger charge is 2.14. The normalized spacial score (nSPS) is 15.1. The van der Waals surface area contributed by atoms with E-state index in [1.54, 1.807) is 12.4 Å².